The molecule has 90 valence electrons. The number of halogens is 1. The molecule has 0 aromatic heterocycles. The summed E-state index contributed by atoms with van der Waals surface area (Å²) in [6.07, 6.45) is 2.15. The lowest BCUT2D eigenvalue weighted by Crippen LogP contribution is -2.26. The van der Waals surface area contributed by atoms with Crippen molar-refractivity contribution in [2.24, 2.45) is 5.92 Å². The Morgan fingerprint density at radius 2 is 2.18 bits per heavy atom. The Balaban J connectivity index is 2.22. The smallest absolute Gasteiger partial charge is 0.211 e. The molecule has 1 aliphatic carbocycles. The number of hydrogen-bond acceptors (Lipinski definition) is 3. The van der Waals surface area contributed by atoms with Crippen LogP contribution in [0.1, 0.15) is 18.4 Å². The normalized spacial score (nSPS) is 15.5. The van der Waals surface area contributed by atoms with Crippen LogP contribution in [0.4, 0.5) is 0 Å². The van der Waals surface area contributed by atoms with Gasteiger partial charge in [0.1, 0.15) is 4.90 Å². The highest BCUT2D eigenvalue weighted by Crippen LogP contribution is 2.29. The Hall–Kier alpha value is -1.09. The van der Waals surface area contributed by atoms with Gasteiger partial charge in [-0.3, -0.25) is 0 Å². The highest BCUT2D eigenvalue weighted by atomic mass is 35.5. The molecule has 0 heterocycles. The summed E-state index contributed by atoms with van der Waals surface area (Å²) in [5.74, 6) is 0.460. The largest absolute Gasteiger partial charge is 0.242 e. The van der Waals surface area contributed by atoms with Crippen molar-refractivity contribution in [1.29, 1.82) is 5.26 Å². The van der Waals surface area contributed by atoms with Gasteiger partial charge in [-0.1, -0.05) is 11.6 Å². The zero-order valence-corrected chi connectivity index (χ0v) is 10.6. The summed E-state index contributed by atoms with van der Waals surface area (Å²) in [6.45, 7) is 0.457. The Kier molecular flexibility index (Phi) is 3.38. The minimum atomic E-state index is -3.56. The first-order valence-corrected chi connectivity index (χ1v) is 7.08. The van der Waals surface area contributed by atoms with Gasteiger partial charge >= 0.3 is 0 Å². The number of benzene rings is 1. The Morgan fingerprint density at radius 1 is 1.47 bits per heavy atom. The first kappa shape index (κ1) is 12.4. The van der Waals surface area contributed by atoms with E-state index in [1.165, 1.54) is 18.2 Å². The van der Waals surface area contributed by atoms with Crippen LogP contribution in [0.5, 0.6) is 0 Å². The van der Waals surface area contributed by atoms with E-state index in [1.54, 1.807) is 0 Å². The molecule has 0 radical (unpaired) electrons. The van der Waals surface area contributed by atoms with Gasteiger partial charge < -0.3 is 0 Å². The van der Waals surface area contributed by atoms with E-state index in [0.29, 0.717) is 18.0 Å². The van der Waals surface area contributed by atoms with Gasteiger partial charge in [0.25, 0.3) is 0 Å². The zero-order valence-electron chi connectivity index (χ0n) is 8.98. The Morgan fingerprint density at radius 3 is 2.71 bits per heavy atom. The van der Waals surface area contributed by atoms with Crippen molar-refractivity contribution in [3.05, 3.63) is 28.8 Å². The minimum absolute atomic E-state index is 0.0267. The third kappa shape index (κ3) is 2.97. The van der Waals surface area contributed by atoms with Crippen molar-refractivity contribution >= 4 is 21.6 Å². The average molecular weight is 271 g/mol. The quantitative estimate of drug-likeness (QED) is 0.908. The molecule has 17 heavy (non-hydrogen) atoms. The molecule has 0 spiro atoms. The lowest BCUT2D eigenvalue weighted by molar-refractivity contribution is 0.577. The van der Waals surface area contributed by atoms with E-state index in [9.17, 15) is 8.42 Å². The fraction of sp³-hybridized carbons (Fsp3) is 0.364. The van der Waals surface area contributed by atoms with E-state index >= 15 is 0 Å². The third-order valence-electron chi connectivity index (χ3n) is 2.61. The van der Waals surface area contributed by atoms with Crippen LogP contribution in [0, 0.1) is 17.2 Å². The molecule has 0 atom stereocenters. The summed E-state index contributed by atoms with van der Waals surface area (Å²) in [4.78, 5) is 0.0267. The van der Waals surface area contributed by atoms with E-state index in [1.807, 2.05) is 6.07 Å². The molecule has 1 aromatic rings. The number of sulfonamides is 1. The maximum absolute atomic E-state index is 11.9. The second-order valence-electron chi connectivity index (χ2n) is 4.05. The van der Waals surface area contributed by atoms with Crippen LogP contribution in [-0.4, -0.2) is 15.0 Å². The Bertz CT molecular complexity index is 574. The van der Waals surface area contributed by atoms with Gasteiger partial charge in [0, 0.05) is 6.54 Å². The molecule has 0 saturated heterocycles. The lowest BCUT2D eigenvalue weighted by Gasteiger charge is -2.07. The van der Waals surface area contributed by atoms with Crippen molar-refractivity contribution in [3.8, 4) is 6.07 Å². The molecule has 1 N–H and O–H groups in total. The Labute approximate surface area is 105 Å². The van der Waals surface area contributed by atoms with Gasteiger partial charge in [-0.2, -0.15) is 5.26 Å². The maximum atomic E-state index is 11.9. The topological polar surface area (TPSA) is 70.0 Å². The molecular formula is C11H11ClN2O2S. The predicted molar refractivity (Wildman–Crippen MR) is 64.1 cm³/mol. The van der Waals surface area contributed by atoms with Gasteiger partial charge in [0.05, 0.1) is 16.7 Å². The predicted octanol–water partition coefficient (Wildman–Crippen LogP) is 1.90. The van der Waals surface area contributed by atoms with Gasteiger partial charge in [-0.05, 0) is 37.0 Å². The summed E-state index contributed by atoms with van der Waals surface area (Å²) < 4.78 is 26.3. The second-order valence-corrected chi connectivity index (χ2v) is 6.19. The van der Waals surface area contributed by atoms with Gasteiger partial charge in [-0.25, -0.2) is 13.1 Å². The molecule has 1 aromatic carbocycles. The fourth-order valence-electron chi connectivity index (χ4n) is 1.42. The molecule has 0 unspecified atom stereocenters. The lowest BCUT2D eigenvalue weighted by atomic mass is 10.2. The van der Waals surface area contributed by atoms with Crippen LogP contribution in [0.3, 0.4) is 0 Å². The van der Waals surface area contributed by atoms with Gasteiger partial charge in [-0.15, -0.1) is 0 Å². The van der Waals surface area contributed by atoms with Crippen molar-refractivity contribution in [1.82, 2.24) is 4.72 Å². The monoisotopic (exact) mass is 270 g/mol. The summed E-state index contributed by atoms with van der Waals surface area (Å²) in [5.41, 5.74) is 0.344. The van der Waals surface area contributed by atoms with Crippen molar-refractivity contribution < 1.29 is 8.42 Å². The fourth-order valence-corrected chi connectivity index (χ4v) is 3.07. The summed E-state index contributed by atoms with van der Waals surface area (Å²) in [5, 5.41) is 8.74. The second kappa shape index (κ2) is 4.65. The number of hydrogen-bond donors (Lipinski definition) is 1. The highest BCUT2D eigenvalue weighted by Gasteiger charge is 2.25. The minimum Gasteiger partial charge on any atom is -0.211 e. The molecule has 1 aliphatic rings. The van der Waals surface area contributed by atoms with Crippen LogP contribution in [0.15, 0.2) is 23.1 Å². The summed E-state index contributed by atoms with van der Waals surface area (Å²) in [7, 11) is -3.56. The van der Waals surface area contributed by atoms with E-state index in [2.05, 4.69) is 4.72 Å². The standard InChI is InChI=1S/C11H11ClN2O2S/c12-10-5-9(6-13)3-4-11(10)17(15,16)14-7-8-1-2-8/h3-5,8,14H,1-2,7H2. The van der Waals surface area contributed by atoms with Crippen LogP contribution < -0.4 is 4.72 Å². The maximum Gasteiger partial charge on any atom is 0.242 e. The summed E-state index contributed by atoms with van der Waals surface area (Å²) in [6, 6.07) is 6.06. The van der Waals surface area contributed by atoms with Gasteiger partial charge in [0.15, 0.2) is 0 Å². The average Bonchev–Trinajstić information content (AvgIpc) is 3.09. The van der Waals surface area contributed by atoms with Gasteiger partial charge in [0.2, 0.25) is 10.0 Å². The van der Waals surface area contributed by atoms with Crippen molar-refractivity contribution in [2.45, 2.75) is 17.7 Å². The SMILES string of the molecule is N#Cc1ccc(S(=O)(=O)NCC2CC2)c(Cl)c1. The van der Waals surface area contributed by atoms with Crippen LogP contribution in [-0.2, 0) is 10.0 Å². The van der Waals surface area contributed by atoms with Crippen LogP contribution in [0.2, 0.25) is 5.02 Å². The van der Waals surface area contributed by atoms with E-state index < -0.39 is 10.0 Å². The molecule has 4 nitrogen and oxygen atoms in total. The number of rotatable bonds is 4. The zero-order chi connectivity index (χ0) is 12.5. The molecule has 2 rings (SSSR count). The molecular weight excluding hydrogens is 260 g/mol. The number of nitriles is 1. The van der Waals surface area contributed by atoms with Crippen molar-refractivity contribution in [2.75, 3.05) is 6.54 Å². The number of nitrogens with zero attached hydrogens (tertiary/aromatic N) is 1. The molecule has 1 fully saturated rings. The third-order valence-corrected chi connectivity index (χ3v) is 4.52. The summed E-state index contributed by atoms with van der Waals surface area (Å²) >= 11 is 5.85. The molecule has 0 bridgehead atoms. The van der Waals surface area contributed by atoms with Crippen LogP contribution in [0.25, 0.3) is 0 Å². The van der Waals surface area contributed by atoms with E-state index in [-0.39, 0.29) is 9.92 Å². The highest BCUT2D eigenvalue weighted by molar-refractivity contribution is 7.89. The van der Waals surface area contributed by atoms with Crippen LogP contribution >= 0.6 is 11.6 Å². The molecule has 1 saturated carbocycles. The van der Waals surface area contributed by atoms with E-state index in [4.69, 9.17) is 16.9 Å². The van der Waals surface area contributed by atoms with Crippen molar-refractivity contribution in [3.63, 3.8) is 0 Å². The number of nitrogens with one attached hydrogen (secondary N) is 1. The molecule has 6 heteroatoms. The molecule has 0 amide bonds. The first-order valence-electron chi connectivity index (χ1n) is 5.22. The first-order chi connectivity index (χ1) is 8.03. The van der Waals surface area contributed by atoms with E-state index in [0.717, 1.165) is 12.8 Å². The molecule has 0 aliphatic heterocycles.